The fraction of sp³-hybridized carbons (Fsp3) is 0.222. The molecule has 0 bridgehead atoms. The Labute approximate surface area is 153 Å². The SMILES string of the molecule is O=C(c1cc2cc(F)ccc2[nH]1)N1CCN(c2ncccc2[N+](=O)[O-])CC1. The van der Waals surface area contributed by atoms with Gasteiger partial charge in [0.05, 0.1) is 4.92 Å². The van der Waals surface area contributed by atoms with Crippen molar-refractivity contribution >= 4 is 28.3 Å². The number of piperazine rings is 1. The first-order chi connectivity index (χ1) is 13.0. The summed E-state index contributed by atoms with van der Waals surface area (Å²) in [5, 5.41) is 11.8. The number of benzene rings is 1. The minimum atomic E-state index is -0.455. The number of rotatable bonds is 3. The molecule has 1 N–H and O–H groups in total. The van der Waals surface area contributed by atoms with Crippen molar-refractivity contribution < 1.29 is 14.1 Å². The molecule has 27 heavy (non-hydrogen) atoms. The molecule has 0 spiro atoms. The van der Waals surface area contributed by atoms with E-state index >= 15 is 0 Å². The summed E-state index contributed by atoms with van der Waals surface area (Å²) in [6.45, 7) is 1.71. The molecule has 0 atom stereocenters. The first-order valence-corrected chi connectivity index (χ1v) is 8.45. The molecule has 4 rings (SSSR count). The Morgan fingerprint density at radius 2 is 1.96 bits per heavy atom. The highest BCUT2D eigenvalue weighted by Gasteiger charge is 2.27. The Hall–Kier alpha value is -3.49. The largest absolute Gasteiger partial charge is 0.351 e. The van der Waals surface area contributed by atoms with Crippen molar-refractivity contribution in [2.45, 2.75) is 0 Å². The van der Waals surface area contributed by atoms with Crippen LogP contribution in [0.3, 0.4) is 0 Å². The van der Waals surface area contributed by atoms with Gasteiger partial charge in [-0.1, -0.05) is 0 Å². The zero-order chi connectivity index (χ0) is 19.0. The summed E-state index contributed by atoms with van der Waals surface area (Å²) in [4.78, 5) is 34.1. The van der Waals surface area contributed by atoms with E-state index in [2.05, 4.69) is 9.97 Å². The number of aromatic amines is 1. The number of amides is 1. The van der Waals surface area contributed by atoms with Crippen LogP contribution >= 0.6 is 0 Å². The van der Waals surface area contributed by atoms with Gasteiger partial charge in [-0.15, -0.1) is 0 Å². The van der Waals surface area contributed by atoms with Gasteiger partial charge in [-0.25, -0.2) is 9.37 Å². The van der Waals surface area contributed by atoms with E-state index in [4.69, 9.17) is 0 Å². The molecule has 138 valence electrons. The van der Waals surface area contributed by atoms with Crippen molar-refractivity contribution in [1.29, 1.82) is 0 Å². The lowest BCUT2D eigenvalue weighted by Crippen LogP contribution is -2.49. The third kappa shape index (κ3) is 3.19. The molecule has 1 aromatic carbocycles. The highest BCUT2D eigenvalue weighted by atomic mass is 19.1. The van der Waals surface area contributed by atoms with E-state index in [1.165, 1.54) is 30.5 Å². The van der Waals surface area contributed by atoms with E-state index in [0.717, 1.165) is 0 Å². The first-order valence-electron chi connectivity index (χ1n) is 8.45. The number of carbonyl (C=O) groups excluding carboxylic acids is 1. The summed E-state index contributed by atoms with van der Waals surface area (Å²) >= 11 is 0. The van der Waals surface area contributed by atoms with Crippen molar-refractivity contribution in [3.05, 3.63) is 64.2 Å². The fourth-order valence-corrected chi connectivity index (χ4v) is 3.29. The maximum Gasteiger partial charge on any atom is 0.311 e. The van der Waals surface area contributed by atoms with Crippen LogP contribution in [0.25, 0.3) is 10.9 Å². The minimum absolute atomic E-state index is 0.0464. The van der Waals surface area contributed by atoms with Gasteiger partial charge in [0.25, 0.3) is 5.91 Å². The predicted octanol–water partition coefficient (Wildman–Crippen LogP) is 2.57. The second-order valence-electron chi connectivity index (χ2n) is 6.30. The number of halogens is 1. The summed E-state index contributed by atoms with van der Waals surface area (Å²) in [6, 6.07) is 8.90. The summed E-state index contributed by atoms with van der Waals surface area (Å²) in [7, 11) is 0. The normalized spacial score (nSPS) is 14.6. The highest BCUT2D eigenvalue weighted by molar-refractivity contribution is 5.98. The molecule has 8 nitrogen and oxygen atoms in total. The number of fused-ring (bicyclic) bond motifs is 1. The Kier molecular flexibility index (Phi) is 4.19. The second kappa shape index (κ2) is 6.67. The second-order valence-corrected chi connectivity index (χ2v) is 6.30. The molecule has 1 amide bonds. The van der Waals surface area contributed by atoms with Crippen LogP contribution in [0.2, 0.25) is 0 Å². The topological polar surface area (TPSA) is 95.4 Å². The lowest BCUT2D eigenvalue weighted by atomic mass is 10.2. The average Bonchev–Trinajstić information content (AvgIpc) is 3.10. The number of nitrogens with one attached hydrogen (secondary N) is 1. The fourth-order valence-electron chi connectivity index (χ4n) is 3.29. The van der Waals surface area contributed by atoms with Crippen LogP contribution in [0.4, 0.5) is 15.9 Å². The molecule has 0 aliphatic carbocycles. The maximum atomic E-state index is 13.3. The molecule has 0 radical (unpaired) electrons. The molecule has 9 heteroatoms. The molecule has 3 aromatic rings. The van der Waals surface area contributed by atoms with Crippen molar-refractivity contribution in [2.75, 3.05) is 31.1 Å². The molecular weight excluding hydrogens is 353 g/mol. The van der Waals surface area contributed by atoms with Crippen LogP contribution in [0.1, 0.15) is 10.5 Å². The summed E-state index contributed by atoms with van der Waals surface area (Å²) in [5.74, 6) is -0.219. The van der Waals surface area contributed by atoms with E-state index in [1.54, 1.807) is 17.0 Å². The molecule has 0 saturated carbocycles. The van der Waals surface area contributed by atoms with E-state index < -0.39 is 4.92 Å². The minimum Gasteiger partial charge on any atom is -0.351 e. The summed E-state index contributed by atoms with van der Waals surface area (Å²) in [5.41, 5.74) is 1.05. The molecule has 3 heterocycles. The molecule has 1 fully saturated rings. The Morgan fingerprint density at radius 3 is 2.70 bits per heavy atom. The van der Waals surface area contributed by atoms with E-state index in [9.17, 15) is 19.3 Å². The van der Waals surface area contributed by atoms with Gasteiger partial charge in [-0.3, -0.25) is 14.9 Å². The van der Waals surface area contributed by atoms with Crippen LogP contribution in [0, 0.1) is 15.9 Å². The number of H-pyrrole nitrogens is 1. The number of hydrogen-bond donors (Lipinski definition) is 1. The van der Waals surface area contributed by atoms with Crippen molar-refractivity contribution in [1.82, 2.24) is 14.9 Å². The van der Waals surface area contributed by atoms with Crippen LogP contribution in [0.5, 0.6) is 0 Å². The van der Waals surface area contributed by atoms with Gasteiger partial charge in [0, 0.05) is 49.3 Å². The van der Waals surface area contributed by atoms with E-state index in [-0.39, 0.29) is 17.4 Å². The summed E-state index contributed by atoms with van der Waals surface area (Å²) in [6.07, 6.45) is 1.52. The van der Waals surface area contributed by atoms with Crippen LogP contribution in [-0.4, -0.2) is 51.9 Å². The highest BCUT2D eigenvalue weighted by Crippen LogP contribution is 2.26. The van der Waals surface area contributed by atoms with E-state index in [0.29, 0.717) is 48.6 Å². The quantitative estimate of drug-likeness (QED) is 0.565. The lowest BCUT2D eigenvalue weighted by molar-refractivity contribution is -0.384. The van der Waals surface area contributed by atoms with Crippen LogP contribution < -0.4 is 4.90 Å². The number of hydrogen-bond acceptors (Lipinski definition) is 5. The van der Waals surface area contributed by atoms with Crippen molar-refractivity contribution in [3.63, 3.8) is 0 Å². The van der Waals surface area contributed by atoms with Gasteiger partial charge < -0.3 is 14.8 Å². The number of anilines is 1. The Bertz CT molecular complexity index is 1030. The average molecular weight is 369 g/mol. The number of aromatic nitrogens is 2. The van der Waals surface area contributed by atoms with Gasteiger partial charge in [-0.2, -0.15) is 0 Å². The Morgan fingerprint density at radius 1 is 1.19 bits per heavy atom. The molecule has 1 aliphatic rings. The van der Waals surface area contributed by atoms with Gasteiger partial charge in [0.15, 0.2) is 0 Å². The molecule has 2 aromatic heterocycles. The maximum absolute atomic E-state index is 13.3. The lowest BCUT2D eigenvalue weighted by Gasteiger charge is -2.34. The van der Waals surface area contributed by atoms with Crippen LogP contribution in [-0.2, 0) is 0 Å². The van der Waals surface area contributed by atoms with Gasteiger partial charge in [-0.05, 0) is 30.3 Å². The van der Waals surface area contributed by atoms with Crippen LogP contribution in [0.15, 0.2) is 42.6 Å². The monoisotopic (exact) mass is 369 g/mol. The number of pyridine rings is 1. The third-order valence-corrected chi connectivity index (χ3v) is 4.64. The van der Waals surface area contributed by atoms with Crippen molar-refractivity contribution in [3.8, 4) is 0 Å². The standard InChI is InChI=1S/C18H16FN5O3/c19-13-3-4-14-12(10-13)11-15(21-14)18(25)23-8-6-22(7-9-23)17-16(24(26)27)2-1-5-20-17/h1-5,10-11,21H,6-9H2. The molecule has 0 unspecified atom stereocenters. The molecule has 1 saturated heterocycles. The van der Waals surface area contributed by atoms with Gasteiger partial charge in [0.1, 0.15) is 11.5 Å². The molecular formula is C18H16FN5O3. The first kappa shape index (κ1) is 17.0. The predicted molar refractivity (Wildman–Crippen MR) is 97.3 cm³/mol. The third-order valence-electron chi connectivity index (χ3n) is 4.64. The summed E-state index contributed by atoms with van der Waals surface area (Å²) < 4.78 is 13.3. The zero-order valence-electron chi connectivity index (χ0n) is 14.3. The van der Waals surface area contributed by atoms with Gasteiger partial charge >= 0.3 is 5.69 Å². The number of nitro groups is 1. The smallest absolute Gasteiger partial charge is 0.311 e. The van der Waals surface area contributed by atoms with E-state index in [1.807, 2.05) is 4.90 Å². The molecule has 1 aliphatic heterocycles. The Balaban J connectivity index is 1.48. The van der Waals surface area contributed by atoms with Gasteiger partial charge in [0.2, 0.25) is 5.82 Å². The number of nitrogens with zero attached hydrogens (tertiary/aromatic N) is 4. The van der Waals surface area contributed by atoms with Crippen molar-refractivity contribution in [2.24, 2.45) is 0 Å². The zero-order valence-corrected chi connectivity index (χ0v) is 14.3. The number of carbonyl (C=O) groups is 1.